The molecule has 0 aliphatic heterocycles. The molecule has 0 amide bonds. The number of hydrogen-bond acceptors (Lipinski definition) is 5. The molecule has 1 aromatic carbocycles. The van der Waals surface area contributed by atoms with Crippen molar-refractivity contribution in [2.75, 3.05) is 5.75 Å². The lowest BCUT2D eigenvalue weighted by molar-refractivity contribution is 0.0941. The first-order valence-electron chi connectivity index (χ1n) is 8.63. The fraction of sp³-hybridized carbons (Fsp3) is 0.250. The molecule has 3 rings (SSSR count). The third-order valence-electron chi connectivity index (χ3n) is 4.24. The molecule has 3 aromatic rings. The maximum absolute atomic E-state index is 13.4. The van der Waals surface area contributed by atoms with Crippen LogP contribution in [0.4, 0.5) is 8.78 Å². The number of ketones is 1. The van der Waals surface area contributed by atoms with Crippen molar-refractivity contribution in [3.8, 4) is 11.4 Å². The Hall–Kier alpha value is -2.74. The summed E-state index contributed by atoms with van der Waals surface area (Å²) in [6, 6.07) is 5.01. The van der Waals surface area contributed by atoms with E-state index in [1.165, 1.54) is 17.8 Å². The predicted molar refractivity (Wildman–Crippen MR) is 103 cm³/mol. The van der Waals surface area contributed by atoms with E-state index in [1.54, 1.807) is 19.3 Å². The summed E-state index contributed by atoms with van der Waals surface area (Å²) in [6.07, 6.45) is 3.33. The van der Waals surface area contributed by atoms with Crippen LogP contribution in [-0.2, 0) is 6.54 Å². The van der Waals surface area contributed by atoms with Gasteiger partial charge in [-0.05, 0) is 31.2 Å². The SMILES string of the molecule is C=CCn1c(SCC(C)C(=O)c2ccc(F)c(F)c2)nnc1-c1ccoc1C. The van der Waals surface area contributed by atoms with Crippen molar-refractivity contribution in [1.82, 2.24) is 14.8 Å². The van der Waals surface area contributed by atoms with Crippen molar-refractivity contribution in [1.29, 1.82) is 0 Å². The molecule has 0 saturated carbocycles. The minimum absolute atomic E-state index is 0.147. The van der Waals surface area contributed by atoms with Crippen molar-refractivity contribution in [2.24, 2.45) is 5.92 Å². The minimum Gasteiger partial charge on any atom is -0.469 e. The van der Waals surface area contributed by atoms with Gasteiger partial charge in [0, 0.05) is 23.8 Å². The second-order valence-corrected chi connectivity index (χ2v) is 7.29. The van der Waals surface area contributed by atoms with Crippen LogP contribution in [0, 0.1) is 24.5 Å². The predicted octanol–water partition coefficient (Wildman–Crippen LogP) is 4.92. The molecule has 5 nitrogen and oxygen atoms in total. The lowest BCUT2D eigenvalue weighted by Gasteiger charge is -2.11. The van der Waals surface area contributed by atoms with Crippen LogP contribution in [0.1, 0.15) is 23.0 Å². The highest BCUT2D eigenvalue weighted by Gasteiger charge is 2.21. The zero-order valence-corrected chi connectivity index (χ0v) is 16.3. The van der Waals surface area contributed by atoms with Crippen molar-refractivity contribution in [3.05, 3.63) is 66.1 Å². The second kappa shape index (κ2) is 8.52. The monoisotopic (exact) mass is 403 g/mol. The minimum atomic E-state index is -1.03. The van der Waals surface area contributed by atoms with Gasteiger partial charge in [-0.3, -0.25) is 9.36 Å². The van der Waals surface area contributed by atoms with Crippen molar-refractivity contribution in [3.63, 3.8) is 0 Å². The van der Waals surface area contributed by atoms with E-state index in [4.69, 9.17) is 4.42 Å². The van der Waals surface area contributed by atoms with Crippen LogP contribution >= 0.6 is 11.8 Å². The van der Waals surface area contributed by atoms with Gasteiger partial charge in [0.2, 0.25) is 0 Å². The van der Waals surface area contributed by atoms with Crippen LogP contribution < -0.4 is 0 Å². The molecule has 0 radical (unpaired) electrons. The van der Waals surface area contributed by atoms with E-state index in [9.17, 15) is 13.6 Å². The molecule has 2 heterocycles. The molecule has 0 aliphatic carbocycles. The van der Waals surface area contributed by atoms with Gasteiger partial charge in [-0.25, -0.2) is 8.78 Å². The number of benzene rings is 1. The number of furan rings is 1. The number of aryl methyl sites for hydroxylation is 1. The van der Waals surface area contributed by atoms with Crippen molar-refractivity contribution in [2.45, 2.75) is 25.5 Å². The molecular weight excluding hydrogens is 384 g/mol. The van der Waals surface area contributed by atoms with Crippen molar-refractivity contribution >= 4 is 17.5 Å². The van der Waals surface area contributed by atoms with E-state index in [1.807, 2.05) is 17.6 Å². The number of allylic oxidation sites excluding steroid dienone is 1. The van der Waals surface area contributed by atoms with Crippen molar-refractivity contribution < 1.29 is 18.0 Å². The fourth-order valence-electron chi connectivity index (χ4n) is 2.71. The molecule has 0 aliphatic rings. The number of thioether (sulfide) groups is 1. The molecule has 1 unspecified atom stereocenters. The summed E-state index contributed by atoms with van der Waals surface area (Å²) < 4.78 is 33.7. The molecule has 0 N–H and O–H groups in total. The van der Waals surface area contributed by atoms with Gasteiger partial charge in [0.1, 0.15) is 5.76 Å². The summed E-state index contributed by atoms with van der Waals surface area (Å²) in [4.78, 5) is 12.5. The Kier molecular flexibility index (Phi) is 6.08. The first-order chi connectivity index (χ1) is 13.4. The molecule has 0 bridgehead atoms. The van der Waals surface area contributed by atoms with Crippen LogP contribution in [0.25, 0.3) is 11.4 Å². The molecule has 0 saturated heterocycles. The lowest BCUT2D eigenvalue weighted by Crippen LogP contribution is -2.14. The Balaban J connectivity index is 1.75. The number of rotatable bonds is 8. The maximum atomic E-state index is 13.4. The standard InChI is InChI=1S/C20H19F2N3O2S/c1-4-8-25-19(15-7-9-27-13(15)3)23-24-20(25)28-11-12(2)18(26)14-5-6-16(21)17(22)10-14/h4-7,9-10,12H,1,8,11H2,2-3H3. The first kappa shape index (κ1) is 20.0. The first-order valence-corrected chi connectivity index (χ1v) is 9.61. The van der Waals surface area contributed by atoms with E-state index < -0.39 is 17.6 Å². The molecule has 0 fully saturated rings. The summed E-state index contributed by atoms with van der Waals surface area (Å²) in [6.45, 7) is 7.86. The van der Waals surface area contributed by atoms with Gasteiger partial charge in [0.15, 0.2) is 28.4 Å². The van der Waals surface area contributed by atoms with Crippen LogP contribution in [0.3, 0.4) is 0 Å². The van der Waals surface area contributed by atoms with Crippen LogP contribution in [0.5, 0.6) is 0 Å². The van der Waals surface area contributed by atoms with E-state index in [0.29, 0.717) is 23.3 Å². The topological polar surface area (TPSA) is 60.9 Å². The molecule has 0 spiro atoms. The second-order valence-electron chi connectivity index (χ2n) is 6.30. The van der Waals surface area contributed by atoms with Gasteiger partial charge < -0.3 is 4.42 Å². The third-order valence-corrected chi connectivity index (χ3v) is 5.47. The number of carbonyl (C=O) groups is 1. The van der Waals surface area contributed by atoms with E-state index in [-0.39, 0.29) is 11.3 Å². The van der Waals surface area contributed by atoms with Gasteiger partial charge in [0.05, 0.1) is 11.8 Å². The maximum Gasteiger partial charge on any atom is 0.191 e. The van der Waals surface area contributed by atoms with Crippen LogP contribution in [-0.4, -0.2) is 26.3 Å². The summed E-state index contributed by atoms with van der Waals surface area (Å²) >= 11 is 1.37. The number of halogens is 2. The largest absolute Gasteiger partial charge is 0.469 e. The zero-order chi connectivity index (χ0) is 20.3. The van der Waals surface area contributed by atoms with Gasteiger partial charge in [-0.1, -0.05) is 24.8 Å². The van der Waals surface area contributed by atoms with Gasteiger partial charge >= 0.3 is 0 Å². The quantitative estimate of drug-likeness (QED) is 0.303. The van der Waals surface area contributed by atoms with Crippen LogP contribution in [0.15, 0.2) is 52.8 Å². The zero-order valence-electron chi connectivity index (χ0n) is 15.5. The Labute approximate surface area is 165 Å². The lowest BCUT2D eigenvalue weighted by atomic mass is 10.0. The molecule has 28 heavy (non-hydrogen) atoms. The van der Waals surface area contributed by atoms with Gasteiger partial charge in [-0.2, -0.15) is 0 Å². The molecule has 1 atom stereocenters. The molecular formula is C20H19F2N3O2S. The highest BCUT2D eigenvalue weighted by atomic mass is 32.2. The third kappa shape index (κ3) is 4.06. The Morgan fingerprint density at radius 1 is 1.32 bits per heavy atom. The Morgan fingerprint density at radius 3 is 2.75 bits per heavy atom. The average Bonchev–Trinajstić information content (AvgIpc) is 3.27. The van der Waals surface area contributed by atoms with E-state index in [2.05, 4.69) is 16.8 Å². The average molecular weight is 403 g/mol. The smallest absolute Gasteiger partial charge is 0.191 e. The summed E-state index contributed by atoms with van der Waals surface area (Å²) in [5.41, 5.74) is 0.987. The van der Waals surface area contributed by atoms with Gasteiger partial charge in [0.25, 0.3) is 0 Å². The number of Topliss-reactive ketones (excluding diaryl/α,β-unsaturated/α-hetero) is 1. The summed E-state index contributed by atoms with van der Waals surface area (Å²) in [7, 11) is 0. The number of aromatic nitrogens is 3. The molecule has 8 heteroatoms. The fourth-order valence-corrected chi connectivity index (χ4v) is 3.68. The number of carbonyl (C=O) groups excluding carboxylic acids is 1. The number of nitrogens with zero attached hydrogens (tertiary/aromatic N) is 3. The molecule has 2 aromatic heterocycles. The number of hydrogen-bond donors (Lipinski definition) is 0. The Morgan fingerprint density at radius 2 is 2.11 bits per heavy atom. The summed E-state index contributed by atoms with van der Waals surface area (Å²) in [5, 5.41) is 9.11. The summed E-state index contributed by atoms with van der Waals surface area (Å²) in [5.74, 6) is -0.869. The Bertz CT molecular complexity index is 1010. The highest BCUT2D eigenvalue weighted by molar-refractivity contribution is 7.99. The highest BCUT2D eigenvalue weighted by Crippen LogP contribution is 2.28. The van der Waals surface area contributed by atoms with Crippen LogP contribution in [0.2, 0.25) is 0 Å². The van der Waals surface area contributed by atoms with Gasteiger partial charge in [-0.15, -0.1) is 16.8 Å². The normalized spacial score (nSPS) is 12.1. The molecule has 146 valence electrons. The van der Waals surface area contributed by atoms with E-state index in [0.717, 1.165) is 23.5 Å². The van der Waals surface area contributed by atoms with E-state index >= 15 is 0 Å².